The van der Waals surface area contributed by atoms with E-state index in [1.165, 1.54) is 173 Å². The summed E-state index contributed by atoms with van der Waals surface area (Å²) >= 11 is 0. The molecule has 0 fully saturated rings. The van der Waals surface area contributed by atoms with Crippen molar-refractivity contribution in [1.82, 2.24) is 5.32 Å². The van der Waals surface area contributed by atoms with Crippen molar-refractivity contribution in [2.45, 2.75) is 289 Å². The third-order valence-corrected chi connectivity index (χ3v) is 12.0. The topological polar surface area (TPSA) is 95.9 Å². The smallest absolute Gasteiger partial charge is 0.305 e. The minimum Gasteiger partial charge on any atom is -0.466 e. The predicted octanol–water partition coefficient (Wildman–Crippen LogP) is 15.5. The van der Waals surface area contributed by atoms with Gasteiger partial charge in [-0.25, -0.2) is 0 Å². The van der Waals surface area contributed by atoms with E-state index in [0.717, 1.165) is 77.0 Å². The van der Waals surface area contributed by atoms with Gasteiger partial charge in [-0.2, -0.15) is 0 Å². The summed E-state index contributed by atoms with van der Waals surface area (Å²) in [6, 6.07) is -0.645. The van der Waals surface area contributed by atoms with Gasteiger partial charge in [-0.05, 0) is 64.2 Å². The molecule has 0 aliphatic carbocycles. The number of rotatable bonds is 48. The number of ether oxygens (including phenoxy) is 1. The molecule has 0 spiro atoms. The highest BCUT2D eigenvalue weighted by molar-refractivity contribution is 5.76. The summed E-state index contributed by atoms with van der Waals surface area (Å²) < 4.78 is 5.45. The third-order valence-electron chi connectivity index (χ3n) is 12.0. The Morgan fingerprint density at radius 1 is 0.458 bits per heavy atom. The molecule has 0 radical (unpaired) electrons. The summed E-state index contributed by atoms with van der Waals surface area (Å²) in [5.74, 6) is -0.115. The molecule has 1 amide bonds. The molecule has 0 bridgehead atoms. The first-order chi connectivity index (χ1) is 29.0. The summed E-state index contributed by atoms with van der Waals surface area (Å²) in [6.07, 6.45) is 57.5. The minimum atomic E-state index is -0.859. The lowest BCUT2D eigenvalue weighted by atomic mass is 10.0. The molecule has 0 saturated heterocycles. The number of allylic oxidation sites excluding steroid dienone is 3. The van der Waals surface area contributed by atoms with E-state index in [2.05, 4.69) is 31.3 Å². The van der Waals surface area contributed by atoms with Crippen molar-refractivity contribution in [2.75, 3.05) is 13.2 Å². The van der Waals surface area contributed by atoms with Crippen molar-refractivity contribution >= 4 is 11.9 Å². The Morgan fingerprint density at radius 3 is 1.20 bits per heavy atom. The van der Waals surface area contributed by atoms with E-state index in [-0.39, 0.29) is 18.5 Å². The van der Waals surface area contributed by atoms with E-state index in [4.69, 9.17) is 4.74 Å². The number of aliphatic hydroxyl groups is 2. The van der Waals surface area contributed by atoms with Gasteiger partial charge in [0.05, 0.1) is 25.4 Å². The Kier molecular flexibility index (Phi) is 47.6. The van der Waals surface area contributed by atoms with Gasteiger partial charge in [0.2, 0.25) is 5.91 Å². The van der Waals surface area contributed by atoms with Gasteiger partial charge in [-0.3, -0.25) is 9.59 Å². The Hall–Kier alpha value is -1.66. The molecule has 0 aromatic heterocycles. The molecule has 0 rings (SSSR count). The molecule has 6 nitrogen and oxygen atoms in total. The van der Waals surface area contributed by atoms with Crippen molar-refractivity contribution < 1.29 is 24.5 Å². The first-order valence-electron chi connectivity index (χ1n) is 26.1. The molecule has 0 aliphatic rings. The molecule has 6 heteroatoms. The zero-order chi connectivity index (χ0) is 43.0. The molecule has 59 heavy (non-hydrogen) atoms. The molecule has 0 aromatic rings. The molecule has 2 atom stereocenters. The second-order valence-corrected chi connectivity index (χ2v) is 17.9. The number of amides is 1. The van der Waals surface area contributed by atoms with Gasteiger partial charge in [0.15, 0.2) is 0 Å². The highest BCUT2D eigenvalue weighted by Gasteiger charge is 2.18. The average Bonchev–Trinajstić information content (AvgIpc) is 3.24. The molecule has 0 aromatic carbocycles. The van der Waals surface area contributed by atoms with Crippen molar-refractivity contribution in [1.29, 1.82) is 0 Å². The van der Waals surface area contributed by atoms with Gasteiger partial charge in [-0.1, -0.05) is 224 Å². The highest BCUT2D eigenvalue weighted by atomic mass is 16.5. The van der Waals surface area contributed by atoms with Crippen molar-refractivity contribution in [3.05, 3.63) is 24.3 Å². The molecule has 348 valence electrons. The number of esters is 1. The minimum absolute atomic E-state index is 0.0212. The second-order valence-electron chi connectivity index (χ2n) is 17.9. The van der Waals surface area contributed by atoms with Crippen LogP contribution in [0.2, 0.25) is 0 Å². The van der Waals surface area contributed by atoms with Crippen LogP contribution in [0.5, 0.6) is 0 Å². The predicted molar refractivity (Wildman–Crippen MR) is 255 cm³/mol. The number of hydrogen-bond acceptors (Lipinski definition) is 5. The molecule has 3 N–H and O–H groups in total. The van der Waals surface area contributed by atoms with Crippen LogP contribution in [0.1, 0.15) is 277 Å². The first-order valence-corrected chi connectivity index (χ1v) is 26.1. The van der Waals surface area contributed by atoms with E-state index >= 15 is 0 Å². The Balaban J connectivity index is 3.52. The van der Waals surface area contributed by atoms with Crippen molar-refractivity contribution in [2.24, 2.45) is 0 Å². The maximum absolute atomic E-state index is 12.4. The van der Waals surface area contributed by atoms with E-state index in [0.29, 0.717) is 19.4 Å². The zero-order valence-electron chi connectivity index (χ0n) is 39.5. The lowest BCUT2D eigenvalue weighted by Gasteiger charge is -2.20. The lowest BCUT2D eigenvalue weighted by Crippen LogP contribution is -2.45. The first kappa shape index (κ1) is 57.3. The van der Waals surface area contributed by atoms with E-state index in [1.807, 2.05) is 6.08 Å². The monoisotopic (exact) mass is 832 g/mol. The average molecular weight is 832 g/mol. The van der Waals surface area contributed by atoms with Gasteiger partial charge in [0.25, 0.3) is 0 Å². The molecular weight excluding hydrogens is 731 g/mol. The third kappa shape index (κ3) is 45.7. The number of hydrogen-bond donors (Lipinski definition) is 3. The quantitative estimate of drug-likeness (QED) is 0.0322. The molecule has 0 aliphatic heterocycles. The van der Waals surface area contributed by atoms with Crippen LogP contribution < -0.4 is 5.32 Å². The van der Waals surface area contributed by atoms with Crippen LogP contribution in [0.4, 0.5) is 0 Å². The largest absolute Gasteiger partial charge is 0.466 e. The lowest BCUT2D eigenvalue weighted by molar-refractivity contribution is -0.143. The fraction of sp³-hybridized carbons (Fsp3) is 0.887. The Bertz CT molecular complexity index is 920. The van der Waals surface area contributed by atoms with E-state index in [9.17, 15) is 19.8 Å². The van der Waals surface area contributed by atoms with E-state index in [1.54, 1.807) is 6.08 Å². The van der Waals surface area contributed by atoms with Crippen LogP contribution in [0.15, 0.2) is 24.3 Å². The van der Waals surface area contributed by atoms with Crippen LogP contribution in [0.25, 0.3) is 0 Å². The van der Waals surface area contributed by atoms with Gasteiger partial charge in [0.1, 0.15) is 0 Å². The fourth-order valence-corrected chi connectivity index (χ4v) is 7.92. The Morgan fingerprint density at radius 2 is 0.797 bits per heavy atom. The summed E-state index contributed by atoms with van der Waals surface area (Å²) in [5, 5.41) is 23.0. The summed E-state index contributed by atoms with van der Waals surface area (Å²) in [7, 11) is 0. The number of nitrogens with one attached hydrogen (secondary N) is 1. The maximum atomic E-state index is 12.4. The van der Waals surface area contributed by atoms with Crippen LogP contribution in [0, 0.1) is 0 Å². The standard InChI is InChI=1S/C53H101NO5/c1-3-5-7-9-11-13-15-17-19-20-22-27-31-35-39-43-47-53(58)59-48-44-40-36-32-28-24-23-26-30-34-38-42-46-52(57)54-50(49-55)51(56)45-41-37-33-29-25-21-18-16-14-12-10-8-6-4-2/h24,28,41,45,50-51,55-56H,3-23,25-27,29-40,42-44,46-49H2,1-2H3,(H,54,57)/b28-24-,45-41+. The molecule has 0 heterocycles. The second kappa shape index (κ2) is 49.0. The SMILES string of the molecule is CCCCCCCCCCCCCC/C=C/C(O)C(CO)NC(=O)CCCCCCC/C=C\CCCCCOC(=O)CCCCCCCCCCCCCCCCCC. The number of aliphatic hydroxyl groups excluding tert-OH is 2. The number of carbonyl (C=O) groups is 2. The molecule has 2 unspecified atom stereocenters. The normalized spacial score (nSPS) is 12.8. The van der Waals surface area contributed by atoms with Gasteiger partial charge < -0.3 is 20.3 Å². The number of carbonyl (C=O) groups excluding carboxylic acids is 2. The van der Waals surface area contributed by atoms with Crippen LogP contribution in [-0.4, -0.2) is 47.4 Å². The van der Waals surface area contributed by atoms with Crippen LogP contribution in [0.3, 0.4) is 0 Å². The highest BCUT2D eigenvalue weighted by Crippen LogP contribution is 2.16. The van der Waals surface area contributed by atoms with Gasteiger partial charge >= 0.3 is 5.97 Å². The molecule has 0 saturated carbocycles. The Labute approximate surface area is 367 Å². The fourth-order valence-electron chi connectivity index (χ4n) is 7.92. The van der Waals surface area contributed by atoms with Gasteiger partial charge in [-0.15, -0.1) is 0 Å². The van der Waals surface area contributed by atoms with Crippen LogP contribution >= 0.6 is 0 Å². The van der Waals surface area contributed by atoms with Crippen molar-refractivity contribution in [3.63, 3.8) is 0 Å². The zero-order valence-corrected chi connectivity index (χ0v) is 39.5. The van der Waals surface area contributed by atoms with Crippen LogP contribution in [-0.2, 0) is 14.3 Å². The van der Waals surface area contributed by atoms with Gasteiger partial charge in [0, 0.05) is 12.8 Å². The summed E-state index contributed by atoms with van der Waals surface area (Å²) in [6.45, 7) is 4.85. The molecular formula is C53H101NO5. The maximum Gasteiger partial charge on any atom is 0.305 e. The summed E-state index contributed by atoms with van der Waals surface area (Å²) in [4.78, 5) is 24.5. The summed E-state index contributed by atoms with van der Waals surface area (Å²) in [5.41, 5.74) is 0. The van der Waals surface area contributed by atoms with E-state index < -0.39 is 12.1 Å². The number of unbranched alkanes of at least 4 members (excludes halogenated alkanes) is 35. The van der Waals surface area contributed by atoms with Crippen molar-refractivity contribution in [3.8, 4) is 0 Å².